The zero-order valence-corrected chi connectivity index (χ0v) is 6.38. The van der Waals surface area contributed by atoms with E-state index >= 15 is 0 Å². The average Bonchev–Trinajstić information content (AvgIpc) is 1.36. The van der Waals surface area contributed by atoms with Crippen LogP contribution >= 0.6 is 24.2 Å². The van der Waals surface area contributed by atoms with Gasteiger partial charge in [-0.1, -0.05) is 0 Å². The largest absolute Gasteiger partial charge is 0.221 e. The third-order valence-electron chi connectivity index (χ3n) is 0.712. The highest BCUT2D eigenvalue weighted by atomic mass is 35.5. The summed E-state index contributed by atoms with van der Waals surface area (Å²) in [6, 6.07) is 0.451. The Morgan fingerprint density at radius 1 is 1.43 bits per heavy atom. The molecule has 0 aromatic carbocycles. The molecular formula is C4H11Cl2N. The van der Waals surface area contributed by atoms with Crippen molar-refractivity contribution in [2.24, 2.45) is 0 Å². The van der Waals surface area contributed by atoms with Crippen molar-refractivity contribution in [3.05, 3.63) is 0 Å². The number of halogens is 2. The van der Waals surface area contributed by atoms with Crippen LogP contribution in [0.15, 0.2) is 0 Å². The van der Waals surface area contributed by atoms with Crippen LogP contribution in [0.25, 0.3) is 0 Å². The van der Waals surface area contributed by atoms with Crippen molar-refractivity contribution in [3.8, 4) is 0 Å². The highest BCUT2D eigenvalue weighted by Gasteiger charge is 1.93. The van der Waals surface area contributed by atoms with Crippen LogP contribution in [-0.4, -0.2) is 17.5 Å². The third-order valence-corrected chi connectivity index (χ3v) is 1.10. The Hall–Kier alpha value is 0.540. The van der Waals surface area contributed by atoms with Gasteiger partial charge in [-0.15, -0.1) is 12.4 Å². The van der Waals surface area contributed by atoms with Crippen LogP contribution in [0, 0.1) is 0 Å². The van der Waals surface area contributed by atoms with Crippen LogP contribution in [0.3, 0.4) is 0 Å². The zero-order valence-electron chi connectivity index (χ0n) is 4.81. The van der Waals surface area contributed by atoms with Crippen molar-refractivity contribution in [3.63, 3.8) is 0 Å². The zero-order chi connectivity index (χ0) is 5.15. The molecule has 0 rings (SSSR count). The van der Waals surface area contributed by atoms with Crippen LogP contribution in [0.4, 0.5) is 0 Å². The maximum absolute atomic E-state index is 5.45. The van der Waals surface area contributed by atoms with Crippen molar-refractivity contribution in [1.82, 2.24) is 4.42 Å². The Bertz CT molecular complexity index is 30.7. The van der Waals surface area contributed by atoms with E-state index in [4.69, 9.17) is 11.8 Å². The highest BCUT2D eigenvalue weighted by Crippen LogP contribution is 1.94. The summed E-state index contributed by atoms with van der Waals surface area (Å²) in [5.74, 6) is 0. The molecule has 0 spiro atoms. The first-order valence-corrected chi connectivity index (χ1v) is 2.37. The lowest BCUT2D eigenvalue weighted by molar-refractivity contribution is 0.453. The second kappa shape index (κ2) is 4.69. The van der Waals surface area contributed by atoms with Crippen molar-refractivity contribution < 1.29 is 0 Å². The van der Waals surface area contributed by atoms with Gasteiger partial charge in [0.2, 0.25) is 0 Å². The summed E-state index contributed by atoms with van der Waals surface area (Å²) < 4.78 is 1.64. The van der Waals surface area contributed by atoms with Gasteiger partial charge in [-0.2, -0.15) is 0 Å². The predicted octanol–water partition coefficient (Wildman–Crippen LogP) is 1.90. The van der Waals surface area contributed by atoms with E-state index in [-0.39, 0.29) is 12.4 Å². The molecule has 0 aromatic rings. The minimum absolute atomic E-state index is 0. The van der Waals surface area contributed by atoms with E-state index in [2.05, 4.69) is 0 Å². The highest BCUT2D eigenvalue weighted by molar-refractivity contribution is 6.13. The molecule has 0 unspecified atom stereocenters. The number of nitrogens with zero attached hydrogens (tertiary/aromatic N) is 1. The lowest BCUT2D eigenvalue weighted by Gasteiger charge is -2.08. The van der Waals surface area contributed by atoms with Gasteiger partial charge >= 0.3 is 0 Å². The number of hydrogen-bond donors (Lipinski definition) is 0. The Balaban J connectivity index is 0. The predicted molar refractivity (Wildman–Crippen MR) is 36.0 cm³/mol. The van der Waals surface area contributed by atoms with Gasteiger partial charge in [-0.25, -0.2) is 4.42 Å². The second-order valence-electron chi connectivity index (χ2n) is 1.62. The molecule has 0 fully saturated rings. The minimum Gasteiger partial charge on any atom is -0.221 e. The molecule has 0 N–H and O–H groups in total. The number of hydrogen-bond acceptors (Lipinski definition) is 1. The summed E-state index contributed by atoms with van der Waals surface area (Å²) in [6.45, 7) is 4.07. The lowest BCUT2D eigenvalue weighted by atomic mass is 10.4. The summed E-state index contributed by atoms with van der Waals surface area (Å²) in [6.07, 6.45) is 0. The van der Waals surface area contributed by atoms with Crippen molar-refractivity contribution in [2.75, 3.05) is 7.05 Å². The first kappa shape index (κ1) is 10.5. The SMILES string of the molecule is CC(C)N(C)Cl.Cl. The topological polar surface area (TPSA) is 3.24 Å². The molecule has 0 atom stereocenters. The first-order valence-electron chi connectivity index (χ1n) is 2.03. The second-order valence-corrected chi connectivity index (χ2v) is 2.15. The Morgan fingerprint density at radius 3 is 1.57 bits per heavy atom. The van der Waals surface area contributed by atoms with Gasteiger partial charge in [0.15, 0.2) is 0 Å². The van der Waals surface area contributed by atoms with Gasteiger partial charge in [0, 0.05) is 13.1 Å². The van der Waals surface area contributed by atoms with E-state index in [1.165, 1.54) is 0 Å². The number of rotatable bonds is 1. The Kier molecular flexibility index (Phi) is 7.04. The van der Waals surface area contributed by atoms with Crippen molar-refractivity contribution in [2.45, 2.75) is 19.9 Å². The first-order chi connectivity index (χ1) is 2.64. The van der Waals surface area contributed by atoms with Crippen LogP contribution < -0.4 is 0 Å². The van der Waals surface area contributed by atoms with Gasteiger partial charge in [-0.05, 0) is 25.6 Å². The van der Waals surface area contributed by atoms with Crippen LogP contribution in [0.5, 0.6) is 0 Å². The molecule has 0 radical (unpaired) electrons. The molecule has 46 valence electrons. The summed E-state index contributed by atoms with van der Waals surface area (Å²) >= 11 is 5.45. The van der Waals surface area contributed by atoms with E-state index < -0.39 is 0 Å². The van der Waals surface area contributed by atoms with Gasteiger partial charge in [0.05, 0.1) is 0 Å². The minimum atomic E-state index is 0. The Labute approximate surface area is 56.2 Å². The molecule has 0 saturated carbocycles. The molecule has 0 bridgehead atoms. The van der Waals surface area contributed by atoms with Crippen molar-refractivity contribution >= 4 is 24.2 Å². The van der Waals surface area contributed by atoms with Crippen LogP contribution in [0.1, 0.15) is 13.8 Å². The third kappa shape index (κ3) is 6.54. The van der Waals surface area contributed by atoms with Crippen molar-refractivity contribution in [1.29, 1.82) is 0 Å². The van der Waals surface area contributed by atoms with Gasteiger partial charge in [0.1, 0.15) is 0 Å². The van der Waals surface area contributed by atoms with E-state index in [1.54, 1.807) is 4.42 Å². The molecule has 3 heteroatoms. The normalized spacial score (nSPS) is 9.43. The molecule has 0 saturated heterocycles. The summed E-state index contributed by atoms with van der Waals surface area (Å²) in [4.78, 5) is 0. The summed E-state index contributed by atoms with van der Waals surface area (Å²) in [7, 11) is 1.84. The molecule has 0 aromatic heterocycles. The smallest absolute Gasteiger partial charge is 0.0191 e. The van der Waals surface area contributed by atoms with Gasteiger partial charge in [0.25, 0.3) is 0 Å². The molecule has 0 aliphatic rings. The quantitative estimate of drug-likeness (QED) is 0.508. The maximum atomic E-state index is 5.45. The lowest BCUT2D eigenvalue weighted by Crippen LogP contribution is -2.14. The maximum Gasteiger partial charge on any atom is 0.0191 e. The van der Waals surface area contributed by atoms with Crippen LogP contribution in [0.2, 0.25) is 0 Å². The van der Waals surface area contributed by atoms with E-state index in [0.717, 1.165) is 0 Å². The standard InChI is InChI=1S/C4H10ClN.ClH/c1-4(2)6(3)5;/h4H,1-3H3;1H. The molecule has 0 aliphatic carbocycles. The van der Waals surface area contributed by atoms with Gasteiger partial charge in [-0.3, -0.25) is 0 Å². The van der Waals surface area contributed by atoms with E-state index in [9.17, 15) is 0 Å². The summed E-state index contributed by atoms with van der Waals surface area (Å²) in [5, 5.41) is 0. The molecule has 1 nitrogen and oxygen atoms in total. The molecular weight excluding hydrogens is 133 g/mol. The summed E-state index contributed by atoms with van der Waals surface area (Å²) in [5.41, 5.74) is 0. The average molecular weight is 144 g/mol. The monoisotopic (exact) mass is 143 g/mol. The fourth-order valence-electron chi connectivity index (χ4n) is 0. The molecule has 0 aliphatic heterocycles. The van der Waals surface area contributed by atoms with E-state index in [1.807, 2.05) is 20.9 Å². The van der Waals surface area contributed by atoms with E-state index in [0.29, 0.717) is 6.04 Å². The Morgan fingerprint density at radius 2 is 1.57 bits per heavy atom. The van der Waals surface area contributed by atoms with Crippen LogP contribution in [-0.2, 0) is 0 Å². The molecule has 7 heavy (non-hydrogen) atoms. The van der Waals surface area contributed by atoms with Gasteiger partial charge < -0.3 is 0 Å². The molecule has 0 amide bonds. The fourth-order valence-corrected chi connectivity index (χ4v) is 0. The molecule has 0 heterocycles. The fraction of sp³-hybridized carbons (Fsp3) is 1.00.